The topological polar surface area (TPSA) is 130 Å². The Balaban J connectivity index is 1.08. The first kappa shape index (κ1) is 23.3. The molecule has 0 aromatic carbocycles. The zero-order valence-corrected chi connectivity index (χ0v) is 21.0. The van der Waals surface area contributed by atoms with E-state index in [0.29, 0.717) is 34.3 Å². The molecule has 1 unspecified atom stereocenters. The lowest BCUT2D eigenvalue weighted by atomic mass is 9.76. The molecule has 10 heteroatoms. The third kappa shape index (κ3) is 4.14. The fourth-order valence-corrected chi connectivity index (χ4v) is 5.44. The van der Waals surface area contributed by atoms with Gasteiger partial charge in [-0.2, -0.15) is 10.4 Å². The molecule has 3 atom stereocenters. The van der Waals surface area contributed by atoms with E-state index in [0.717, 1.165) is 37.2 Å². The number of aryl methyl sites for hydroxylation is 2. The van der Waals surface area contributed by atoms with Crippen molar-refractivity contribution in [2.24, 2.45) is 11.8 Å². The molecule has 3 aromatic rings. The van der Waals surface area contributed by atoms with E-state index >= 15 is 0 Å². The van der Waals surface area contributed by atoms with E-state index < -0.39 is 0 Å². The predicted molar refractivity (Wildman–Crippen MR) is 134 cm³/mol. The van der Waals surface area contributed by atoms with Gasteiger partial charge in [-0.15, -0.1) is 0 Å². The van der Waals surface area contributed by atoms with E-state index in [1.54, 1.807) is 28.2 Å². The van der Waals surface area contributed by atoms with Gasteiger partial charge >= 0.3 is 0 Å². The van der Waals surface area contributed by atoms with Crippen molar-refractivity contribution in [2.45, 2.75) is 58.0 Å². The van der Waals surface area contributed by atoms with Gasteiger partial charge in [-0.05, 0) is 58.1 Å². The first-order chi connectivity index (χ1) is 17.8. The second-order valence-electron chi connectivity index (χ2n) is 10.5. The average molecular weight is 497 g/mol. The van der Waals surface area contributed by atoms with Crippen LogP contribution in [0.15, 0.2) is 30.7 Å². The van der Waals surface area contributed by atoms with Crippen LogP contribution in [0.1, 0.15) is 76.8 Å². The highest BCUT2D eigenvalue weighted by Gasteiger charge is 2.53. The lowest BCUT2D eigenvalue weighted by Crippen LogP contribution is -2.43. The third-order valence-electron chi connectivity index (χ3n) is 7.85. The maximum Gasteiger partial charge on any atom is 0.254 e. The predicted octanol–water partition coefficient (Wildman–Crippen LogP) is 2.82. The van der Waals surface area contributed by atoms with E-state index in [9.17, 15) is 14.9 Å². The number of hydrogen-bond acceptors (Lipinski definition) is 7. The Hall–Kier alpha value is -4.13. The zero-order valence-electron chi connectivity index (χ0n) is 21.0. The van der Waals surface area contributed by atoms with Crippen molar-refractivity contribution >= 4 is 17.6 Å². The molecule has 1 saturated heterocycles. The molecule has 10 nitrogen and oxygen atoms in total. The van der Waals surface area contributed by atoms with Crippen molar-refractivity contribution < 1.29 is 9.59 Å². The molecule has 3 aliphatic rings. The second-order valence-corrected chi connectivity index (χ2v) is 10.5. The number of carbonyl (C=O) groups excluding carboxylic acids is 2. The Labute approximate surface area is 214 Å². The molecule has 3 aromatic heterocycles. The lowest BCUT2D eigenvalue weighted by Gasteiger charge is -2.35. The summed E-state index contributed by atoms with van der Waals surface area (Å²) in [5.41, 5.74) is 4.22. The standard InChI is InChI=1S/C27H28N8O2/c1-14-4-5-17(9-28)24(31-14)18-6-21(7-18)33-26(36)20-10-30-35(13-20)16(3)23-11-29-25(15(2)32-23)34-12-19-8-22(19)27(34)37/h4-5,10-11,13,16,18-19,21-22H,6-8,12H2,1-3H3,(H,33,36)/t16?,18-,19-,21+,22-/m1/s1. The highest BCUT2D eigenvalue weighted by Crippen LogP contribution is 2.47. The Morgan fingerprint density at radius 1 is 1.19 bits per heavy atom. The zero-order chi connectivity index (χ0) is 25.8. The van der Waals surface area contributed by atoms with Crippen LogP contribution in [0.5, 0.6) is 0 Å². The van der Waals surface area contributed by atoms with E-state index in [4.69, 9.17) is 4.98 Å². The number of nitrogens with zero attached hydrogens (tertiary/aromatic N) is 7. The monoisotopic (exact) mass is 496 g/mol. The molecule has 0 radical (unpaired) electrons. The van der Waals surface area contributed by atoms with Crippen LogP contribution < -0.4 is 10.2 Å². The Morgan fingerprint density at radius 3 is 2.70 bits per heavy atom. The number of amides is 2. The summed E-state index contributed by atoms with van der Waals surface area (Å²) in [6.45, 7) is 6.47. The van der Waals surface area contributed by atoms with Crippen LogP contribution in [0.2, 0.25) is 0 Å². The van der Waals surface area contributed by atoms with Crippen molar-refractivity contribution in [1.29, 1.82) is 5.26 Å². The Morgan fingerprint density at radius 2 is 2.00 bits per heavy atom. The number of carbonyl (C=O) groups is 2. The molecule has 0 spiro atoms. The van der Waals surface area contributed by atoms with Gasteiger partial charge in [0.05, 0.1) is 46.6 Å². The number of fused-ring (bicyclic) bond motifs is 1. The number of aromatic nitrogens is 5. The largest absolute Gasteiger partial charge is 0.349 e. The van der Waals surface area contributed by atoms with Crippen LogP contribution in [-0.2, 0) is 4.79 Å². The normalized spacial score (nSPS) is 24.7. The van der Waals surface area contributed by atoms with Gasteiger partial charge in [-0.3, -0.25) is 29.1 Å². The summed E-state index contributed by atoms with van der Waals surface area (Å²) in [4.78, 5) is 40.9. The number of rotatable bonds is 6. The molecule has 2 amide bonds. The van der Waals surface area contributed by atoms with Crippen molar-refractivity contribution in [3.05, 3.63) is 64.6 Å². The molecule has 37 heavy (non-hydrogen) atoms. The minimum Gasteiger partial charge on any atom is -0.349 e. The van der Waals surface area contributed by atoms with Crippen LogP contribution in [0, 0.1) is 37.0 Å². The fourth-order valence-electron chi connectivity index (χ4n) is 5.44. The summed E-state index contributed by atoms with van der Waals surface area (Å²) in [6.07, 6.45) is 7.47. The number of anilines is 1. The molecule has 4 heterocycles. The van der Waals surface area contributed by atoms with Gasteiger partial charge in [0.25, 0.3) is 5.91 Å². The van der Waals surface area contributed by atoms with Crippen LogP contribution in [0.25, 0.3) is 0 Å². The minimum atomic E-state index is -0.227. The van der Waals surface area contributed by atoms with Crippen LogP contribution in [-0.4, -0.2) is 49.1 Å². The molecule has 2 saturated carbocycles. The highest BCUT2D eigenvalue weighted by molar-refractivity contribution is 5.99. The number of hydrogen-bond donors (Lipinski definition) is 1. The van der Waals surface area contributed by atoms with E-state index in [2.05, 4.69) is 26.5 Å². The summed E-state index contributed by atoms with van der Waals surface area (Å²) in [6, 6.07) is 5.68. The molecule has 1 N–H and O–H groups in total. The molecular formula is C27H28N8O2. The van der Waals surface area contributed by atoms with Crippen molar-refractivity contribution in [2.75, 3.05) is 11.4 Å². The van der Waals surface area contributed by atoms with Gasteiger partial charge in [0.2, 0.25) is 5.91 Å². The van der Waals surface area contributed by atoms with E-state index in [1.807, 2.05) is 32.9 Å². The van der Waals surface area contributed by atoms with Crippen molar-refractivity contribution in [3.63, 3.8) is 0 Å². The SMILES string of the molecule is Cc1ccc(C#N)c([C@H]2C[C@@H](NC(=O)c3cnn(C(C)c4cnc(N5C[C@H]6C[C@H]6C5=O)c(C)n4)c3)C2)n1. The third-order valence-corrected chi connectivity index (χ3v) is 7.85. The van der Waals surface area contributed by atoms with Gasteiger partial charge in [0.15, 0.2) is 5.82 Å². The molecule has 6 rings (SSSR count). The van der Waals surface area contributed by atoms with Gasteiger partial charge in [-0.1, -0.05) is 0 Å². The van der Waals surface area contributed by atoms with Gasteiger partial charge in [-0.25, -0.2) is 4.98 Å². The second kappa shape index (κ2) is 8.76. The summed E-state index contributed by atoms with van der Waals surface area (Å²) in [5.74, 6) is 1.44. The number of pyridine rings is 1. The first-order valence-corrected chi connectivity index (χ1v) is 12.7. The summed E-state index contributed by atoms with van der Waals surface area (Å²) >= 11 is 0. The molecule has 1 aliphatic heterocycles. The average Bonchev–Trinajstić information content (AvgIpc) is 3.32. The van der Waals surface area contributed by atoms with Gasteiger partial charge in [0, 0.05) is 36.3 Å². The van der Waals surface area contributed by atoms with Gasteiger partial charge in [0.1, 0.15) is 6.07 Å². The highest BCUT2D eigenvalue weighted by atomic mass is 16.2. The van der Waals surface area contributed by atoms with Gasteiger partial charge < -0.3 is 5.32 Å². The van der Waals surface area contributed by atoms with Crippen molar-refractivity contribution in [1.82, 2.24) is 30.0 Å². The fraction of sp³-hybridized carbons (Fsp3) is 0.444. The molecular weight excluding hydrogens is 468 g/mol. The van der Waals surface area contributed by atoms with E-state index in [-0.39, 0.29) is 35.7 Å². The van der Waals surface area contributed by atoms with Crippen LogP contribution in [0.3, 0.4) is 0 Å². The molecule has 3 fully saturated rings. The molecule has 0 bridgehead atoms. The van der Waals surface area contributed by atoms with Crippen molar-refractivity contribution in [3.8, 4) is 6.07 Å². The minimum absolute atomic E-state index is 0.0347. The summed E-state index contributed by atoms with van der Waals surface area (Å²) in [7, 11) is 0. The summed E-state index contributed by atoms with van der Waals surface area (Å²) in [5, 5.41) is 16.8. The van der Waals surface area contributed by atoms with Crippen LogP contribution in [0.4, 0.5) is 5.82 Å². The smallest absolute Gasteiger partial charge is 0.254 e. The molecule has 188 valence electrons. The van der Waals surface area contributed by atoms with E-state index in [1.165, 1.54) is 0 Å². The number of nitrogens with one attached hydrogen (secondary N) is 1. The quantitative estimate of drug-likeness (QED) is 0.555. The van der Waals surface area contributed by atoms with Crippen LogP contribution >= 0.6 is 0 Å². The maximum atomic E-state index is 12.8. The lowest BCUT2D eigenvalue weighted by molar-refractivity contribution is -0.118. The molecule has 2 aliphatic carbocycles. The Bertz CT molecular complexity index is 1450. The summed E-state index contributed by atoms with van der Waals surface area (Å²) < 4.78 is 1.70. The maximum absolute atomic E-state index is 12.8. The Kier molecular flexibility index (Phi) is 5.51. The number of piperidine rings is 1. The number of nitriles is 1. The first-order valence-electron chi connectivity index (χ1n) is 12.7.